The molecule has 4 heteroatoms. The molecule has 0 unspecified atom stereocenters. The van der Waals surface area contributed by atoms with E-state index in [1.807, 2.05) is 60.7 Å². The van der Waals surface area contributed by atoms with Crippen LogP contribution in [0.4, 0.5) is 5.69 Å². The van der Waals surface area contributed by atoms with Crippen LogP contribution in [0, 0.1) is 6.92 Å². The summed E-state index contributed by atoms with van der Waals surface area (Å²) >= 11 is 0. The Bertz CT molecular complexity index is 749. The van der Waals surface area contributed by atoms with Gasteiger partial charge < -0.3 is 9.84 Å². The second-order valence-electron chi connectivity index (χ2n) is 4.66. The fourth-order valence-electron chi connectivity index (χ4n) is 2.14. The average molecular weight is 278 g/mol. The summed E-state index contributed by atoms with van der Waals surface area (Å²) in [5.74, 6) is 0.264. The first-order valence-corrected chi connectivity index (χ1v) is 6.64. The molecule has 1 aromatic heterocycles. The minimum Gasteiger partial charge on any atom is -0.355 e. The highest BCUT2D eigenvalue weighted by molar-refractivity contribution is 6.08. The Morgan fingerprint density at radius 2 is 1.62 bits per heavy atom. The number of aromatic nitrogens is 1. The van der Waals surface area contributed by atoms with Crippen molar-refractivity contribution in [3.63, 3.8) is 0 Å². The van der Waals surface area contributed by atoms with Crippen molar-refractivity contribution >= 4 is 11.6 Å². The Kier molecular flexibility index (Phi) is 3.51. The summed E-state index contributed by atoms with van der Waals surface area (Å²) in [7, 11) is 0. The van der Waals surface area contributed by atoms with Gasteiger partial charge in [-0.3, -0.25) is 4.79 Å². The largest absolute Gasteiger partial charge is 0.355 e. The zero-order valence-electron chi connectivity index (χ0n) is 11.5. The van der Waals surface area contributed by atoms with Crippen molar-refractivity contribution in [3.8, 4) is 11.3 Å². The van der Waals surface area contributed by atoms with Gasteiger partial charge in [0.15, 0.2) is 5.76 Å². The average Bonchev–Trinajstić information content (AvgIpc) is 2.91. The Morgan fingerprint density at radius 1 is 1.00 bits per heavy atom. The minimum atomic E-state index is -0.223. The second-order valence-corrected chi connectivity index (χ2v) is 4.66. The number of carbonyl (C=O) groups is 1. The Labute approximate surface area is 122 Å². The van der Waals surface area contributed by atoms with E-state index in [0.29, 0.717) is 17.0 Å². The molecular weight excluding hydrogens is 264 g/mol. The molecule has 104 valence electrons. The molecule has 0 aliphatic heterocycles. The first-order valence-electron chi connectivity index (χ1n) is 6.64. The summed E-state index contributed by atoms with van der Waals surface area (Å²) in [5, 5.41) is 6.78. The molecule has 0 aliphatic rings. The van der Waals surface area contributed by atoms with Crippen molar-refractivity contribution in [2.24, 2.45) is 0 Å². The highest BCUT2D eigenvalue weighted by atomic mass is 16.5. The summed E-state index contributed by atoms with van der Waals surface area (Å²) in [6.07, 6.45) is 0. The SMILES string of the molecule is Cc1noc(-c2ccccc2)c1C(=O)Nc1ccccc1. The third-order valence-electron chi connectivity index (χ3n) is 3.16. The zero-order valence-corrected chi connectivity index (χ0v) is 11.5. The number of nitrogens with one attached hydrogen (secondary N) is 1. The van der Waals surface area contributed by atoms with Crippen molar-refractivity contribution < 1.29 is 9.32 Å². The van der Waals surface area contributed by atoms with Gasteiger partial charge in [-0.2, -0.15) is 0 Å². The number of hydrogen-bond acceptors (Lipinski definition) is 3. The molecular formula is C17H14N2O2. The fourth-order valence-corrected chi connectivity index (χ4v) is 2.14. The summed E-state index contributed by atoms with van der Waals surface area (Å²) < 4.78 is 5.33. The maximum absolute atomic E-state index is 12.5. The highest BCUT2D eigenvalue weighted by Crippen LogP contribution is 2.26. The molecule has 0 spiro atoms. The lowest BCUT2D eigenvalue weighted by Crippen LogP contribution is -2.13. The lowest BCUT2D eigenvalue weighted by atomic mass is 10.1. The first-order chi connectivity index (χ1) is 10.3. The van der Waals surface area contributed by atoms with Crippen LogP contribution in [0.3, 0.4) is 0 Å². The third-order valence-corrected chi connectivity index (χ3v) is 3.16. The standard InChI is InChI=1S/C17H14N2O2/c1-12-15(17(20)18-14-10-6-3-7-11-14)16(21-19-12)13-8-4-2-5-9-13/h2-11H,1H3,(H,18,20). The lowest BCUT2D eigenvalue weighted by molar-refractivity contribution is 0.102. The molecule has 0 saturated carbocycles. The van der Waals surface area contributed by atoms with E-state index >= 15 is 0 Å². The molecule has 3 aromatic rings. The van der Waals surface area contributed by atoms with E-state index in [9.17, 15) is 4.79 Å². The van der Waals surface area contributed by atoms with Gasteiger partial charge in [-0.05, 0) is 19.1 Å². The van der Waals surface area contributed by atoms with Gasteiger partial charge in [0.25, 0.3) is 5.91 Å². The van der Waals surface area contributed by atoms with Gasteiger partial charge in [0.05, 0.1) is 5.69 Å². The van der Waals surface area contributed by atoms with Crippen molar-refractivity contribution in [2.75, 3.05) is 5.32 Å². The van der Waals surface area contributed by atoms with E-state index in [4.69, 9.17) is 4.52 Å². The second kappa shape index (κ2) is 5.63. The molecule has 1 heterocycles. The van der Waals surface area contributed by atoms with Crippen LogP contribution < -0.4 is 5.32 Å². The third kappa shape index (κ3) is 2.69. The summed E-state index contributed by atoms with van der Waals surface area (Å²) in [6, 6.07) is 18.8. The molecule has 0 aliphatic carbocycles. The predicted molar refractivity (Wildman–Crippen MR) is 81.1 cm³/mol. The number of anilines is 1. The molecule has 0 saturated heterocycles. The van der Waals surface area contributed by atoms with Crippen LogP contribution in [0.15, 0.2) is 65.2 Å². The van der Waals surface area contributed by atoms with Gasteiger partial charge >= 0.3 is 0 Å². The van der Waals surface area contributed by atoms with E-state index in [1.54, 1.807) is 6.92 Å². The van der Waals surface area contributed by atoms with Crippen LogP contribution in [0.1, 0.15) is 16.1 Å². The van der Waals surface area contributed by atoms with Crippen LogP contribution in [0.2, 0.25) is 0 Å². The van der Waals surface area contributed by atoms with Crippen molar-refractivity contribution in [1.82, 2.24) is 5.16 Å². The van der Waals surface area contributed by atoms with E-state index in [-0.39, 0.29) is 5.91 Å². The normalized spacial score (nSPS) is 10.3. The lowest BCUT2D eigenvalue weighted by Gasteiger charge is -2.05. The number of nitrogens with zero attached hydrogens (tertiary/aromatic N) is 1. The van der Waals surface area contributed by atoms with Gasteiger partial charge in [0, 0.05) is 11.3 Å². The molecule has 0 atom stereocenters. The van der Waals surface area contributed by atoms with Crippen molar-refractivity contribution in [3.05, 3.63) is 71.9 Å². The summed E-state index contributed by atoms with van der Waals surface area (Å²) in [6.45, 7) is 1.76. The van der Waals surface area contributed by atoms with Gasteiger partial charge in [0.2, 0.25) is 0 Å². The Hall–Kier alpha value is -2.88. The van der Waals surface area contributed by atoms with Gasteiger partial charge in [0.1, 0.15) is 5.56 Å². The fraction of sp³-hybridized carbons (Fsp3) is 0.0588. The topological polar surface area (TPSA) is 55.1 Å². The van der Waals surface area contributed by atoms with Crippen LogP contribution in [0.5, 0.6) is 0 Å². The van der Waals surface area contributed by atoms with E-state index in [2.05, 4.69) is 10.5 Å². The number of rotatable bonds is 3. The molecule has 0 radical (unpaired) electrons. The maximum Gasteiger partial charge on any atom is 0.261 e. The van der Waals surface area contributed by atoms with Crippen LogP contribution >= 0.6 is 0 Å². The maximum atomic E-state index is 12.5. The smallest absolute Gasteiger partial charge is 0.261 e. The number of amides is 1. The molecule has 3 rings (SSSR count). The van der Waals surface area contributed by atoms with Gasteiger partial charge in [-0.1, -0.05) is 53.7 Å². The van der Waals surface area contributed by atoms with Crippen LogP contribution in [0.25, 0.3) is 11.3 Å². The molecule has 2 aromatic carbocycles. The first kappa shape index (κ1) is 13.1. The molecule has 0 fully saturated rings. The molecule has 1 N–H and O–H groups in total. The summed E-state index contributed by atoms with van der Waals surface area (Å²) in [4.78, 5) is 12.5. The Balaban J connectivity index is 1.95. The minimum absolute atomic E-state index is 0.223. The number of benzene rings is 2. The monoisotopic (exact) mass is 278 g/mol. The summed E-state index contributed by atoms with van der Waals surface area (Å²) in [5.41, 5.74) is 2.60. The van der Waals surface area contributed by atoms with Crippen molar-refractivity contribution in [1.29, 1.82) is 0 Å². The van der Waals surface area contributed by atoms with E-state index < -0.39 is 0 Å². The van der Waals surface area contributed by atoms with Crippen LogP contribution in [-0.2, 0) is 0 Å². The predicted octanol–water partition coefficient (Wildman–Crippen LogP) is 3.90. The highest BCUT2D eigenvalue weighted by Gasteiger charge is 2.21. The quantitative estimate of drug-likeness (QED) is 0.790. The molecule has 0 bridgehead atoms. The molecule has 21 heavy (non-hydrogen) atoms. The number of aryl methyl sites for hydroxylation is 1. The zero-order chi connectivity index (χ0) is 14.7. The Morgan fingerprint density at radius 3 is 2.29 bits per heavy atom. The number of hydrogen-bond donors (Lipinski definition) is 1. The molecule has 1 amide bonds. The number of carbonyl (C=O) groups excluding carboxylic acids is 1. The van der Waals surface area contributed by atoms with E-state index in [1.165, 1.54) is 0 Å². The van der Waals surface area contributed by atoms with Gasteiger partial charge in [-0.25, -0.2) is 0 Å². The van der Waals surface area contributed by atoms with Gasteiger partial charge in [-0.15, -0.1) is 0 Å². The van der Waals surface area contributed by atoms with Crippen LogP contribution in [-0.4, -0.2) is 11.1 Å². The van der Waals surface area contributed by atoms with E-state index in [0.717, 1.165) is 11.3 Å². The van der Waals surface area contributed by atoms with Crippen molar-refractivity contribution in [2.45, 2.75) is 6.92 Å². The number of para-hydroxylation sites is 1. The molecule has 4 nitrogen and oxygen atoms in total.